The molecule has 0 saturated carbocycles. The molecule has 1 atom stereocenters. The first-order chi connectivity index (χ1) is 6.65. The molecule has 1 rings (SSSR count). The molecule has 0 saturated heterocycles. The van der Waals surface area contributed by atoms with Crippen molar-refractivity contribution in [1.29, 1.82) is 0 Å². The van der Waals surface area contributed by atoms with Crippen molar-refractivity contribution in [3.8, 4) is 0 Å². The molecule has 0 aliphatic carbocycles. The smallest absolute Gasteiger partial charge is 0.328 e. The maximum Gasteiger partial charge on any atom is 0.328 e. The molecule has 0 radical (unpaired) electrons. The minimum absolute atomic E-state index is 0.355. The van der Waals surface area contributed by atoms with Gasteiger partial charge in [0, 0.05) is 0 Å². The van der Waals surface area contributed by atoms with Gasteiger partial charge in [0.15, 0.2) is 5.38 Å². The molecule has 0 heterocycles. The summed E-state index contributed by atoms with van der Waals surface area (Å²) < 4.78 is 4.83. The Bertz CT molecular complexity index is 323. The van der Waals surface area contributed by atoms with E-state index < -0.39 is 5.38 Å². The third-order valence-corrected chi connectivity index (χ3v) is 2.26. The Labute approximate surface area is 88.8 Å². The van der Waals surface area contributed by atoms with Crippen LogP contribution in [0.1, 0.15) is 23.4 Å². The summed E-state index contributed by atoms with van der Waals surface area (Å²) in [6.45, 7) is 4.07. The molecule has 1 unspecified atom stereocenters. The number of benzene rings is 1. The largest absolute Gasteiger partial charge is 0.465 e. The number of ether oxygens (including phenoxy) is 1. The molecule has 2 nitrogen and oxygen atoms in total. The lowest BCUT2D eigenvalue weighted by molar-refractivity contribution is -0.142. The van der Waals surface area contributed by atoms with Gasteiger partial charge in [0.1, 0.15) is 0 Å². The van der Waals surface area contributed by atoms with Crippen molar-refractivity contribution in [2.75, 3.05) is 6.61 Å². The van der Waals surface area contributed by atoms with E-state index >= 15 is 0 Å². The van der Waals surface area contributed by atoms with Gasteiger partial charge >= 0.3 is 5.97 Å². The van der Waals surface area contributed by atoms with Gasteiger partial charge in [-0.2, -0.15) is 0 Å². The minimum atomic E-state index is -0.699. The fraction of sp³-hybridized carbons (Fsp3) is 0.364. The Morgan fingerprint density at radius 3 is 2.86 bits per heavy atom. The van der Waals surface area contributed by atoms with Crippen LogP contribution in [-0.4, -0.2) is 12.6 Å². The highest BCUT2D eigenvalue weighted by Crippen LogP contribution is 2.22. The standard InChI is InChI=1S/C11H13ClO2/c1-3-14-11(13)10(12)9-6-4-5-8(2)7-9/h4-7,10H,3H2,1-2H3. The van der Waals surface area contributed by atoms with E-state index in [1.165, 1.54) is 0 Å². The average Bonchev–Trinajstić information content (AvgIpc) is 2.17. The fourth-order valence-corrected chi connectivity index (χ4v) is 1.38. The van der Waals surface area contributed by atoms with E-state index in [2.05, 4.69) is 0 Å². The molecule has 0 spiro atoms. The average molecular weight is 213 g/mol. The normalized spacial score (nSPS) is 12.2. The summed E-state index contributed by atoms with van der Waals surface area (Å²) in [5.41, 5.74) is 1.86. The Balaban J connectivity index is 2.78. The molecule has 14 heavy (non-hydrogen) atoms. The molecule has 3 heteroatoms. The third kappa shape index (κ3) is 2.74. The number of alkyl halides is 1. The molecular weight excluding hydrogens is 200 g/mol. The number of hydrogen-bond acceptors (Lipinski definition) is 2. The van der Waals surface area contributed by atoms with Crippen LogP contribution in [0, 0.1) is 6.92 Å². The van der Waals surface area contributed by atoms with Gasteiger partial charge in [-0.25, -0.2) is 0 Å². The summed E-state index contributed by atoms with van der Waals surface area (Å²) in [5, 5.41) is -0.699. The summed E-state index contributed by atoms with van der Waals surface area (Å²) >= 11 is 5.93. The van der Waals surface area contributed by atoms with Gasteiger partial charge in [0.2, 0.25) is 0 Å². The van der Waals surface area contributed by atoms with Crippen LogP contribution in [0.25, 0.3) is 0 Å². The van der Waals surface area contributed by atoms with Crippen LogP contribution in [0.15, 0.2) is 24.3 Å². The lowest BCUT2D eigenvalue weighted by atomic mass is 10.1. The molecule has 1 aromatic carbocycles. The highest BCUT2D eigenvalue weighted by molar-refractivity contribution is 6.29. The molecule has 0 fully saturated rings. The van der Waals surface area contributed by atoms with Crippen molar-refractivity contribution >= 4 is 17.6 Å². The molecule has 76 valence electrons. The molecule has 1 aromatic rings. The van der Waals surface area contributed by atoms with E-state index in [1.54, 1.807) is 6.92 Å². The summed E-state index contributed by atoms with van der Waals surface area (Å²) in [7, 11) is 0. The quantitative estimate of drug-likeness (QED) is 0.569. The first-order valence-electron chi connectivity index (χ1n) is 4.52. The van der Waals surface area contributed by atoms with Crippen molar-refractivity contribution in [3.63, 3.8) is 0 Å². The maximum absolute atomic E-state index is 11.3. The van der Waals surface area contributed by atoms with Gasteiger partial charge in [-0.1, -0.05) is 29.8 Å². The lowest BCUT2D eigenvalue weighted by Gasteiger charge is -2.09. The van der Waals surface area contributed by atoms with Crippen molar-refractivity contribution in [3.05, 3.63) is 35.4 Å². The molecule has 0 aliphatic heterocycles. The van der Waals surface area contributed by atoms with Crippen LogP contribution in [-0.2, 0) is 9.53 Å². The highest BCUT2D eigenvalue weighted by Gasteiger charge is 2.18. The number of carbonyl (C=O) groups is 1. The summed E-state index contributed by atoms with van der Waals surface area (Å²) in [4.78, 5) is 11.3. The summed E-state index contributed by atoms with van der Waals surface area (Å²) in [5.74, 6) is -0.389. The molecule has 0 aromatic heterocycles. The number of rotatable bonds is 3. The fourth-order valence-electron chi connectivity index (χ4n) is 1.18. The molecule has 0 amide bonds. The third-order valence-electron chi connectivity index (χ3n) is 1.83. The van der Waals surface area contributed by atoms with E-state index in [0.717, 1.165) is 11.1 Å². The SMILES string of the molecule is CCOC(=O)C(Cl)c1cccc(C)c1. The zero-order chi connectivity index (χ0) is 10.6. The Hall–Kier alpha value is -1.02. The summed E-state index contributed by atoms with van der Waals surface area (Å²) in [6.07, 6.45) is 0. The van der Waals surface area contributed by atoms with Gasteiger partial charge in [-0.05, 0) is 19.4 Å². The predicted octanol–water partition coefficient (Wildman–Crippen LogP) is 2.84. The van der Waals surface area contributed by atoms with Crippen LogP contribution in [0.2, 0.25) is 0 Å². The Morgan fingerprint density at radius 2 is 2.29 bits per heavy atom. The van der Waals surface area contributed by atoms with Crippen molar-refractivity contribution in [1.82, 2.24) is 0 Å². The van der Waals surface area contributed by atoms with E-state index in [0.29, 0.717) is 6.61 Å². The lowest BCUT2D eigenvalue weighted by Crippen LogP contribution is -2.11. The highest BCUT2D eigenvalue weighted by atomic mass is 35.5. The second-order valence-corrected chi connectivity index (χ2v) is 3.47. The number of aryl methyl sites for hydroxylation is 1. The van der Waals surface area contributed by atoms with E-state index in [9.17, 15) is 4.79 Å². The van der Waals surface area contributed by atoms with Crippen LogP contribution in [0.3, 0.4) is 0 Å². The van der Waals surface area contributed by atoms with Crippen LogP contribution < -0.4 is 0 Å². The van der Waals surface area contributed by atoms with Crippen molar-refractivity contribution in [2.45, 2.75) is 19.2 Å². The van der Waals surface area contributed by atoms with E-state index in [-0.39, 0.29) is 5.97 Å². The zero-order valence-electron chi connectivity index (χ0n) is 8.29. The predicted molar refractivity (Wildman–Crippen MR) is 56.4 cm³/mol. The van der Waals surface area contributed by atoms with E-state index in [4.69, 9.17) is 16.3 Å². The van der Waals surface area contributed by atoms with E-state index in [1.807, 2.05) is 31.2 Å². The number of esters is 1. The maximum atomic E-state index is 11.3. The molecule has 0 bridgehead atoms. The second kappa shape index (κ2) is 5.01. The monoisotopic (exact) mass is 212 g/mol. The molecule has 0 N–H and O–H groups in total. The van der Waals surface area contributed by atoms with Gasteiger partial charge in [0.05, 0.1) is 6.61 Å². The van der Waals surface area contributed by atoms with Crippen molar-refractivity contribution in [2.24, 2.45) is 0 Å². The first kappa shape index (κ1) is 11.1. The number of hydrogen-bond donors (Lipinski definition) is 0. The van der Waals surface area contributed by atoms with Gasteiger partial charge < -0.3 is 4.74 Å². The van der Waals surface area contributed by atoms with Crippen molar-refractivity contribution < 1.29 is 9.53 Å². The van der Waals surface area contributed by atoms with Crippen LogP contribution >= 0.6 is 11.6 Å². The molecular formula is C11H13ClO2. The Kier molecular flexibility index (Phi) is 3.96. The number of carbonyl (C=O) groups excluding carboxylic acids is 1. The first-order valence-corrected chi connectivity index (χ1v) is 4.96. The van der Waals surface area contributed by atoms with Crippen LogP contribution in [0.4, 0.5) is 0 Å². The van der Waals surface area contributed by atoms with Gasteiger partial charge in [-0.3, -0.25) is 4.79 Å². The second-order valence-electron chi connectivity index (χ2n) is 3.03. The topological polar surface area (TPSA) is 26.3 Å². The molecule has 0 aliphatic rings. The summed E-state index contributed by atoms with van der Waals surface area (Å²) in [6, 6.07) is 7.54. The number of halogens is 1. The van der Waals surface area contributed by atoms with Crippen LogP contribution in [0.5, 0.6) is 0 Å². The minimum Gasteiger partial charge on any atom is -0.465 e. The Morgan fingerprint density at radius 1 is 1.57 bits per heavy atom. The zero-order valence-corrected chi connectivity index (χ0v) is 9.04. The van der Waals surface area contributed by atoms with Gasteiger partial charge in [0.25, 0.3) is 0 Å². The van der Waals surface area contributed by atoms with Gasteiger partial charge in [-0.15, -0.1) is 11.6 Å².